The summed E-state index contributed by atoms with van der Waals surface area (Å²) in [5.41, 5.74) is 0.887. The van der Waals surface area contributed by atoms with Gasteiger partial charge in [-0.3, -0.25) is 9.69 Å². The lowest BCUT2D eigenvalue weighted by Gasteiger charge is -2.51. The van der Waals surface area contributed by atoms with Gasteiger partial charge in [0, 0.05) is 18.5 Å². The van der Waals surface area contributed by atoms with Gasteiger partial charge in [0.15, 0.2) is 0 Å². The molecule has 0 aliphatic carbocycles. The zero-order valence-electron chi connectivity index (χ0n) is 22.7. The minimum absolute atomic E-state index is 0.0681. The summed E-state index contributed by atoms with van der Waals surface area (Å²) in [6.45, 7) is 4.34. The van der Waals surface area contributed by atoms with Crippen molar-refractivity contribution < 1.29 is 28.5 Å². The summed E-state index contributed by atoms with van der Waals surface area (Å²) in [4.78, 5) is 30.5. The SMILES string of the molecule is O=C(NC1(c2ccccc2)CN(C(=O)c2ccc(OCCCCC3OC=CO3)cc2)C1)O[C@H]1CN2CCC1CC2. The molecule has 4 fully saturated rings. The number of amides is 2. The van der Waals surface area contributed by atoms with Crippen molar-refractivity contribution in [3.05, 3.63) is 78.2 Å². The second-order valence-corrected chi connectivity index (χ2v) is 11.2. The fourth-order valence-corrected chi connectivity index (χ4v) is 6.13. The van der Waals surface area contributed by atoms with E-state index in [0.29, 0.717) is 31.2 Å². The molecule has 1 N–H and O–H groups in total. The van der Waals surface area contributed by atoms with E-state index in [1.54, 1.807) is 29.6 Å². The first-order valence-electron chi connectivity index (χ1n) is 14.3. The van der Waals surface area contributed by atoms with Crippen LogP contribution in [0.15, 0.2) is 67.1 Å². The van der Waals surface area contributed by atoms with E-state index in [1.807, 2.05) is 42.5 Å². The fourth-order valence-electron chi connectivity index (χ4n) is 6.13. The van der Waals surface area contributed by atoms with Crippen molar-refractivity contribution in [1.29, 1.82) is 0 Å². The summed E-state index contributed by atoms with van der Waals surface area (Å²) in [6.07, 6.45) is 7.27. The van der Waals surface area contributed by atoms with Gasteiger partial charge in [0.05, 0.1) is 19.7 Å². The number of fused-ring (bicyclic) bond motifs is 3. The number of nitrogens with zero attached hydrogens (tertiary/aromatic N) is 2. The van der Waals surface area contributed by atoms with E-state index in [9.17, 15) is 9.59 Å². The van der Waals surface area contributed by atoms with Gasteiger partial charge in [-0.05, 0) is 74.5 Å². The molecule has 0 saturated carbocycles. The third-order valence-corrected chi connectivity index (χ3v) is 8.45. The monoisotopic (exact) mass is 547 g/mol. The van der Waals surface area contributed by atoms with Crippen molar-refractivity contribution in [2.45, 2.75) is 50.0 Å². The van der Waals surface area contributed by atoms with E-state index in [1.165, 1.54) is 0 Å². The average molecular weight is 548 g/mol. The zero-order valence-corrected chi connectivity index (χ0v) is 22.7. The molecule has 9 nitrogen and oxygen atoms in total. The molecular formula is C31H37N3O6. The van der Waals surface area contributed by atoms with Gasteiger partial charge in [0.25, 0.3) is 5.91 Å². The van der Waals surface area contributed by atoms with Gasteiger partial charge in [0.1, 0.15) is 29.9 Å². The highest BCUT2D eigenvalue weighted by atomic mass is 16.7. The van der Waals surface area contributed by atoms with E-state index < -0.39 is 11.6 Å². The molecule has 7 rings (SSSR count). The van der Waals surface area contributed by atoms with Crippen molar-refractivity contribution in [3.8, 4) is 5.75 Å². The van der Waals surface area contributed by atoms with Crippen LogP contribution in [0, 0.1) is 5.92 Å². The molecule has 0 aromatic heterocycles. The second kappa shape index (κ2) is 11.8. The molecule has 2 aromatic rings. The first-order valence-corrected chi connectivity index (χ1v) is 14.3. The van der Waals surface area contributed by atoms with Crippen LogP contribution in [0.3, 0.4) is 0 Å². The molecule has 2 aromatic carbocycles. The maximum absolute atomic E-state index is 13.3. The van der Waals surface area contributed by atoms with Crippen molar-refractivity contribution in [1.82, 2.24) is 15.1 Å². The number of unbranched alkanes of at least 4 members (excludes halogenated alkanes) is 1. The maximum atomic E-state index is 13.3. The van der Waals surface area contributed by atoms with Crippen LogP contribution in [0.25, 0.3) is 0 Å². The van der Waals surface area contributed by atoms with Crippen molar-refractivity contribution in [3.63, 3.8) is 0 Å². The quantitative estimate of drug-likeness (QED) is 0.445. The Morgan fingerprint density at radius 1 is 0.950 bits per heavy atom. The third-order valence-electron chi connectivity index (χ3n) is 8.45. The number of benzene rings is 2. The molecule has 0 spiro atoms. The van der Waals surface area contributed by atoms with Gasteiger partial charge in [-0.1, -0.05) is 30.3 Å². The minimum Gasteiger partial charge on any atom is -0.494 e. The lowest BCUT2D eigenvalue weighted by atomic mass is 9.82. The Morgan fingerprint density at radius 3 is 2.35 bits per heavy atom. The van der Waals surface area contributed by atoms with E-state index in [4.69, 9.17) is 18.9 Å². The Balaban J connectivity index is 1.01. The molecule has 4 saturated heterocycles. The number of likely N-dealkylation sites (tertiary alicyclic amines) is 1. The summed E-state index contributed by atoms with van der Waals surface area (Å²) in [6, 6.07) is 17.1. The summed E-state index contributed by atoms with van der Waals surface area (Å²) in [5.74, 6) is 1.09. The summed E-state index contributed by atoms with van der Waals surface area (Å²) in [7, 11) is 0. The molecule has 5 aliphatic heterocycles. The van der Waals surface area contributed by atoms with Crippen molar-refractivity contribution in [2.24, 2.45) is 5.92 Å². The third kappa shape index (κ3) is 5.89. The number of alkyl carbamates (subject to hydrolysis) is 1. The smallest absolute Gasteiger partial charge is 0.408 e. The fraction of sp³-hybridized carbons (Fsp3) is 0.484. The molecule has 5 aliphatic rings. The van der Waals surface area contributed by atoms with Crippen LogP contribution >= 0.6 is 0 Å². The number of rotatable bonds is 10. The molecule has 0 radical (unpaired) electrons. The average Bonchev–Trinajstić information content (AvgIpc) is 3.49. The Hall–Kier alpha value is -3.72. The molecular weight excluding hydrogens is 510 g/mol. The number of hydrogen-bond donors (Lipinski definition) is 1. The Morgan fingerprint density at radius 2 is 1.68 bits per heavy atom. The Bertz CT molecular complexity index is 1180. The van der Waals surface area contributed by atoms with Crippen LogP contribution < -0.4 is 10.1 Å². The molecule has 5 heterocycles. The van der Waals surface area contributed by atoms with Crippen LogP contribution in [-0.4, -0.2) is 73.5 Å². The number of nitrogens with one attached hydrogen (secondary N) is 1. The lowest BCUT2D eigenvalue weighted by Crippen LogP contribution is -2.69. The summed E-state index contributed by atoms with van der Waals surface area (Å²) >= 11 is 0. The molecule has 40 heavy (non-hydrogen) atoms. The highest BCUT2D eigenvalue weighted by Crippen LogP contribution is 2.35. The van der Waals surface area contributed by atoms with Gasteiger partial charge < -0.3 is 29.2 Å². The first kappa shape index (κ1) is 26.5. The van der Waals surface area contributed by atoms with Crippen molar-refractivity contribution in [2.75, 3.05) is 39.3 Å². The van der Waals surface area contributed by atoms with E-state index in [2.05, 4.69) is 10.2 Å². The second-order valence-electron chi connectivity index (χ2n) is 11.2. The zero-order chi connectivity index (χ0) is 27.4. The van der Waals surface area contributed by atoms with E-state index in [0.717, 1.165) is 63.1 Å². The van der Waals surface area contributed by atoms with Crippen LogP contribution in [0.4, 0.5) is 4.79 Å². The van der Waals surface area contributed by atoms with Gasteiger partial charge in [-0.25, -0.2) is 4.79 Å². The molecule has 9 heteroatoms. The van der Waals surface area contributed by atoms with Crippen LogP contribution in [0.1, 0.15) is 48.0 Å². The predicted molar refractivity (Wildman–Crippen MR) is 147 cm³/mol. The highest BCUT2D eigenvalue weighted by Gasteiger charge is 2.49. The predicted octanol–water partition coefficient (Wildman–Crippen LogP) is 4.25. The minimum atomic E-state index is -0.671. The standard InChI is InChI=1S/C31H37N3O6/c35-29(24-9-11-26(12-10-24)37-17-5-4-8-28-38-18-19-39-28)34-21-31(22-34,25-6-2-1-3-7-25)32-30(36)40-27-20-33-15-13-23(27)14-16-33/h1-3,6-7,9-12,18-19,23,27-28H,4-5,8,13-17,20-22H2,(H,32,36)/t27-/m0/s1. The van der Waals surface area contributed by atoms with E-state index >= 15 is 0 Å². The van der Waals surface area contributed by atoms with E-state index in [-0.39, 0.29) is 18.3 Å². The van der Waals surface area contributed by atoms with Crippen molar-refractivity contribution >= 4 is 12.0 Å². The molecule has 1 atom stereocenters. The highest BCUT2D eigenvalue weighted by molar-refractivity contribution is 5.95. The normalized spacial score (nSPS) is 24.5. The van der Waals surface area contributed by atoms with Crippen LogP contribution in [0.5, 0.6) is 5.75 Å². The molecule has 0 unspecified atom stereocenters. The summed E-state index contributed by atoms with van der Waals surface area (Å²) in [5, 5.41) is 3.14. The number of ether oxygens (including phenoxy) is 4. The van der Waals surface area contributed by atoms with Crippen LogP contribution in [-0.2, 0) is 19.7 Å². The van der Waals surface area contributed by atoms with Gasteiger partial charge in [-0.2, -0.15) is 0 Å². The maximum Gasteiger partial charge on any atom is 0.408 e. The van der Waals surface area contributed by atoms with Gasteiger partial charge in [-0.15, -0.1) is 0 Å². The first-order chi connectivity index (χ1) is 19.6. The van der Waals surface area contributed by atoms with Gasteiger partial charge in [0.2, 0.25) is 6.29 Å². The number of piperidine rings is 3. The molecule has 212 valence electrons. The number of carbonyl (C=O) groups is 2. The Labute approximate surface area is 235 Å². The number of carbonyl (C=O) groups excluding carboxylic acids is 2. The molecule has 2 amide bonds. The summed E-state index contributed by atoms with van der Waals surface area (Å²) < 4.78 is 22.3. The Kier molecular flexibility index (Phi) is 7.82. The largest absolute Gasteiger partial charge is 0.494 e. The lowest BCUT2D eigenvalue weighted by molar-refractivity contribution is -0.0404. The van der Waals surface area contributed by atoms with Gasteiger partial charge >= 0.3 is 6.09 Å². The topological polar surface area (TPSA) is 89.6 Å². The molecule has 2 bridgehead atoms. The van der Waals surface area contributed by atoms with Crippen LogP contribution in [0.2, 0.25) is 0 Å². The number of hydrogen-bond acceptors (Lipinski definition) is 7.